The van der Waals surface area contributed by atoms with E-state index in [2.05, 4.69) is 19.9 Å². The summed E-state index contributed by atoms with van der Waals surface area (Å²) in [5.41, 5.74) is 1.18. The van der Waals surface area contributed by atoms with Crippen LogP contribution in [0.15, 0.2) is 11.6 Å². The molecule has 0 aliphatic heterocycles. The van der Waals surface area contributed by atoms with Crippen LogP contribution in [0, 0.1) is 11.3 Å². The summed E-state index contributed by atoms with van der Waals surface area (Å²) in [4.78, 5) is 11.7. The minimum Gasteiger partial charge on any atom is -0.469 e. The average Bonchev–Trinajstić information content (AvgIpc) is 2.30. The van der Waals surface area contributed by atoms with Gasteiger partial charge in [0.05, 0.1) is 12.5 Å². The van der Waals surface area contributed by atoms with E-state index in [4.69, 9.17) is 4.74 Å². The fraction of sp³-hybridized carbons (Fsp3) is 0.800. The lowest BCUT2D eigenvalue weighted by Crippen LogP contribution is -2.33. The highest BCUT2D eigenvalue weighted by atomic mass is 16.5. The monoisotopic (exact) mass is 238 g/mol. The van der Waals surface area contributed by atoms with E-state index in [1.165, 1.54) is 38.4 Å². The molecule has 0 N–H and O–H groups in total. The molecule has 0 radical (unpaired) electrons. The van der Waals surface area contributed by atoms with Crippen molar-refractivity contribution in [2.24, 2.45) is 11.3 Å². The molecule has 0 bridgehead atoms. The molecule has 1 aliphatic rings. The number of carbonyl (C=O) groups excluding carboxylic acids is 1. The van der Waals surface area contributed by atoms with Gasteiger partial charge < -0.3 is 4.74 Å². The summed E-state index contributed by atoms with van der Waals surface area (Å²) in [7, 11) is 1.49. The molecule has 0 aromatic rings. The van der Waals surface area contributed by atoms with Gasteiger partial charge in [-0.1, -0.05) is 11.6 Å². The van der Waals surface area contributed by atoms with Crippen LogP contribution in [0.25, 0.3) is 0 Å². The molecular formula is C15H26O2. The molecule has 17 heavy (non-hydrogen) atoms. The smallest absolute Gasteiger partial charge is 0.311 e. The Labute approximate surface area is 105 Å². The molecule has 98 valence electrons. The predicted molar refractivity (Wildman–Crippen MR) is 70.7 cm³/mol. The van der Waals surface area contributed by atoms with Gasteiger partial charge in [0.15, 0.2) is 0 Å². The second-order valence-corrected chi connectivity index (χ2v) is 5.85. The second kappa shape index (κ2) is 6.23. The van der Waals surface area contributed by atoms with E-state index in [1.54, 1.807) is 0 Å². The fourth-order valence-electron chi connectivity index (χ4n) is 2.66. The van der Waals surface area contributed by atoms with E-state index >= 15 is 0 Å². The largest absolute Gasteiger partial charge is 0.469 e. The van der Waals surface area contributed by atoms with E-state index in [1.807, 2.05) is 6.92 Å². The summed E-state index contributed by atoms with van der Waals surface area (Å²) in [6, 6.07) is 0. The first-order valence-corrected chi connectivity index (χ1v) is 6.70. The molecule has 1 saturated carbocycles. The van der Waals surface area contributed by atoms with Crippen molar-refractivity contribution >= 4 is 5.97 Å². The van der Waals surface area contributed by atoms with Crippen LogP contribution in [0.3, 0.4) is 0 Å². The Hall–Kier alpha value is -0.790. The van der Waals surface area contributed by atoms with Crippen LogP contribution in [-0.4, -0.2) is 13.1 Å². The third kappa shape index (κ3) is 4.18. The molecule has 0 saturated heterocycles. The van der Waals surface area contributed by atoms with E-state index in [0.717, 1.165) is 18.8 Å². The average molecular weight is 238 g/mol. The zero-order valence-electron chi connectivity index (χ0n) is 11.7. The summed E-state index contributed by atoms with van der Waals surface area (Å²) in [5, 5.41) is 0. The molecule has 0 amide bonds. The summed E-state index contributed by atoms with van der Waals surface area (Å²) in [5.74, 6) is 0.767. The van der Waals surface area contributed by atoms with E-state index in [0.29, 0.717) is 0 Å². The van der Waals surface area contributed by atoms with Crippen LogP contribution in [-0.2, 0) is 9.53 Å². The summed E-state index contributed by atoms with van der Waals surface area (Å²) >= 11 is 0. The van der Waals surface area contributed by atoms with E-state index in [9.17, 15) is 4.79 Å². The van der Waals surface area contributed by atoms with E-state index < -0.39 is 0 Å². The Balaban J connectivity index is 2.35. The van der Waals surface area contributed by atoms with Gasteiger partial charge in [-0.3, -0.25) is 4.79 Å². The van der Waals surface area contributed by atoms with Gasteiger partial charge in [-0.05, 0) is 65.2 Å². The quantitative estimate of drug-likeness (QED) is 0.544. The van der Waals surface area contributed by atoms with Gasteiger partial charge in [-0.25, -0.2) is 0 Å². The second-order valence-electron chi connectivity index (χ2n) is 5.85. The molecule has 2 nitrogen and oxygen atoms in total. The van der Waals surface area contributed by atoms with Crippen molar-refractivity contribution in [3.63, 3.8) is 0 Å². The topological polar surface area (TPSA) is 26.3 Å². The summed E-state index contributed by atoms with van der Waals surface area (Å²) in [6.07, 6.45) is 9.07. The van der Waals surface area contributed by atoms with Crippen molar-refractivity contribution in [1.29, 1.82) is 0 Å². The fourth-order valence-corrected chi connectivity index (χ4v) is 2.66. The Morgan fingerprint density at radius 1 is 1.35 bits per heavy atom. The number of hydrogen-bond acceptors (Lipinski definition) is 2. The lowest BCUT2D eigenvalue weighted by Gasteiger charge is -2.34. The minimum atomic E-state index is -0.220. The number of carbonyl (C=O) groups is 1. The lowest BCUT2D eigenvalue weighted by molar-refractivity contribution is -0.154. The number of rotatable bonds is 4. The molecule has 0 spiro atoms. The summed E-state index contributed by atoms with van der Waals surface area (Å²) in [6.45, 7) is 6.34. The maximum absolute atomic E-state index is 11.7. The SMILES string of the molecule is COC(=O)[C@]1(C)CC[C@H](CCC=C(C)C)CC1. The van der Waals surface area contributed by atoms with Crippen molar-refractivity contribution in [3.8, 4) is 0 Å². The predicted octanol–water partition coefficient (Wildman–Crippen LogP) is 4.10. The van der Waals surface area contributed by atoms with Gasteiger partial charge in [0.1, 0.15) is 0 Å². The van der Waals surface area contributed by atoms with Gasteiger partial charge in [0, 0.05) is 0 Å². The van der Waals surface area contributed by atoms with Crippen LogP contribution in [0.4, 0.5) is 0 Å². The Bertz CT molecular complexity index is 279. The van der Waals surface area contributed by atoms with Gasteiger partial charge >= 0.3 is 5.97 Å². The highest BCUT2D eigenvalue weighted by Gasteiger charge is 2.38. The van der Waals surface area contributed by atoms with Gasteiger partial charge in [-0.15, -0.1) is 0 Å². The third-order valence-electron chi connectivity index (χ3n) is 4.01. The maximum atomic E-state index is 11.7. The molecule has 0 aromatic heterocycles. The van der Waals surface area contributed by atoms with Crippen molar-refractivity contribution in [2.45, 2.75) is 59.3 Å². The highest BCUT2D eigenvalue weighted by molar-refractivity contribution is 5.76. The maximum Gasteiger partial charge on any atom is 0.311 e. The number of allylic oxidation sites excluding steroid dienone is 2. The van der Waals surface area contributed by atoms with Crippen molar-refractivity contribution in [2.75, 3.05) is 7.11 Å². The zero-order chi connectivity index (χ0) is 12.9. The van der Waals surface area contributed by atoms with Gasteiger partial charge in [-0.2, -0.15) is 0 Å². The molecule has 1 rings (SSSR count). The molecule has 1 fully saturated rings. The molecule has 1 aliphatic carbocycles. The first-order chi connectivity index (χ1) is 7.98. The van der Waals surface area contributed by atoms with Crippen molar-refractivity contribution < 1.29 is 9.53 Å². The van der Waals surface area contributed by atoms with Crippen LogP contribution >= 0.6 is 0 Å². The van der Waals surface area contributed by atoms with Gasteiger partial charge in [0.25, 0.3) is 0 Å². The van der Waals surface area contributed by atoms with Crippen LogP contribution in [0.5, 0.6) is 0 Å². The van der Waals surface area contributed by atoms with Crippen LogP contribution in [0.2, 0.25) is 0 Å². The Morgan fingerprint density at radius 3 is 2.41 bits per heavy atom. The van der Waals surface area contributed by atoms with E-state index in [-0.39, 0.29) is 11.4 Å². The number of hydrogen-bond donors (Lipinski definition) is 0. The van der Waals surface area contributed by atoms with Crippen molar-refractivity contribution in [1.82, 2.24) is 0 Å². The molecule has 0 heterocycles. The Morgan fingerprint density at radius 2 is 1.94 bits per heavy atom. The molecule has 2 heteroatoms. The lowest BCUT2D eigenvalue weighted by atomic mass is 9.71. The normalized spacial score (nSPS) is 28.6. The highest BCUT2D eigenvalue weighted by Crippen LogP contribution is 2.40. The minimum absolute atomic E-state index is 0.0275. The molecular weight excluding hydrogens is 212 g/mol. The standard InChI is InChI=1S/C15H26O2/c1-12(2)6-5-7-13-8-10-15(3,11-9-13)14(16)17-4/h6,13H,5,7-11H2,1-4H3/t13-,15+. The number of ether oxygens (including phenoxy) is 1. The molecule has 0 atom stereocenters. The molecule has 0 aromatic carbocycles. The van der Waals surface area contributed by atoms with Gasteiger partial charge in [0.2, 0.25) is 0 Å². The van der Waals surface area contributed by atoms with Crippen LogP contribution in [0.1, 0.15) is 59.3 Å². The zero-order valence-corrected chi connectivity index (χ0v) is 11.7. The first kappa shape index (κ1) is 14.3. The number of methoxy groups -OCH3 is 1. The van der Waals surface area contributed by atoms with Crippen LogP contribution < -0.4 is 0 Å². The van der Waals surface area contributed by atoms with Crippen molar-refractivity contribution in [3.05, 3.63) is 11.6 Å². The third-order valence-corrected chi connectivity index (χ3v) is 4.01. The first-order valence-electron chi connectivity index (χ1n) is 6.70. The Kier molecular flexibility index (Phi) is 5.23. The molecule has 0 unspecified atom stereocenters. The summed E-state index contributed by atoms with van der Waals surface area (Å²) < 4.78 is 4.89. The number of esters is 1.